The number of carbonyl (C=O) groups is 2. The second-order valence-corrected chi connectivity index (χ2v) is 5.74. The molecule has 6 nitrogen and oxygen atoms in total. The van der Waals surface area contributed by atoms with Crippen molar-refractivity contribution in [3.8, 4) is 5.69 Å². The molecular formula is C19H18N4O2. The molecule has 0 radical (unpaired) electrons. The second kappa shape index (κ2) is 6.60. The van der Waals surface area contributed by atoms with Crippen LogP contribution in [-0.4, -0.2) is 21.6 Å². The number of primary amides is 1. The van der Waals surface area contributed by atoms with E-state index in [9.17, 15) is 9.59 Å². The lowest BCUT2D eigenvalue weighted by Gasteiger charge is -2.09. The normalized spacial score (nSPS) is 10.5. The summed E-state index contributed by atoms with van der Waals surface area (Å²) in [6.07, 6.45) is 1.55. The molecule has 25 heavy (non-hydrogen) atoms. The topological polar surface area (TPSA) is 90.0 Å². The van der Waals surface area contributed by atoms with E-state index in [2.05, 4.69) is 10.4 Å². The first-order valence-corrected chi connectivity index (χ1v) is 7.79. The molecule has 3 rings (SSSR count). The standard InChI is InChI=1S/C19H18N4O2/c1-12-5-3-4-6-17(12)23-13(2)16(11-21-23)19(25)22-15-9-7-14(8-10-15)18(20)24/h3-11H,1-2H3,(H2,20,24)(H,22,25). The van der Waals surface area contributed by atoms with Crippen LogP contribution in [0.2, 0.25) is 0 Å². The Morgan fingerprint density at radius 1 is 1.04 bits per heavy atom. The van der Waals surface area contributed by atoms with E-state index in [0.717, 1.165) is 16.9 Å². The van der Waals surface area contributed by atoms with E-state index < -0.39 is 5.91 Å². The van der Waals surface area contributed by atoms with Crippen molar-refractivity contribution >= 4 is 17.5 Å². The summed E-state index contributed by atoms with van der Waals surface area (Å²) in [6.45, 7) is 3.85. The van der Waals surface area contributed by atoms with Crippen molar-refractivity contribution in [3.63, 3.8) is 0 Å². The van der Waals surface area contributed by atoms with Crippen LogP contribution in [0.4, 0.5) is 5.69 Å². The quantitative estimate of drug-likeness (QED) is 0.769. The zero-order chi connectivity index (χ0) is 18.0. The van der Waals surface area contributed by atoms with E-state index in [-0.39, 0.29) is 5.91 Å². The first kappa shape index (κ1) is 16.4. The first-order valence-electron chi connectivity index (χ1n) is 7.79. The molecule has 0 saturated carbocycles. The number of para-hydroxylation sites is 1. The molecule has 1 aromatic heterocycles. The third-order valence-corrected chi connectivity index (χ3v) is 4.03. The lowest BCUT2D eigenvalue weighted by Crippen LogP contribution is -2.14. The highest BCUT2D eigenvalue weighted by Gasteiger charge is 2.16. The van der Waals surface area contributed by atoms with Crippen molar-refractivity contribution in [2.24, 2.45) is 5.73 Å². The molecule has 3 N–H and O–H groups in total. The number of nitrogens with zero attached hydrogens (tertiary/aromatic N) is 2. The molecule has 0 bridgehead atoms. The van der Waals surface area contributed by atoms with Crippen molar-refractivity contribution in [2.45, 2.75) is 13.8 Å². The van der Waals surface area contributed by atoms with Gasteiger partial charge in [0.2, 0.25) is 5.91 Å². The molecule has 6 heteroatoms. The molecule has 1 heterocycles. The lowest BCUT2D eigenvalue weighted by atomic mass is 10.1. The monoisotopic (exact) mass is 334 g/mol. The number of carbonyl (C=O) groups excluding carboxylic acids is 2. The Kier molecular flexibility index (Phi) is 4.35. The number of benzene rings is 2. The van der Waals surface area contributed by atoms with Crippen LogP contribution in [0.3, 0.4) is 0 Å². The summed E-state index contributed by atoms with van der Waals surface area (Å²) in [4.78, 5) is 23.6. The number of hydrogen-bond donors (Lipinski definition) is 2. The average molecular weight is 334 g/mol. The van der Waals surface area contributed by atoms with Crippen molar-refractivity contribution in [3.05, 3.63) is 77.1 Å². The van der Waals surface area contributed by atoms with Crippen LogP contribution in [0.1, 0.15) is 32.0 Å². The summed E-state index contributed by atoms with van der Waals surface area (Å²) in [5.74, 6) is -0.766. The highest BCUT2D eigenvalue weighted by Crippen LogP contribution is 2.19. The highest BCUT2D eigenvalue weighted by molar-refractivity contribution is 6.05. The third-order valence-electron chi connectivity index (χ3n) is 4.03. The second-order valence-electron chi connectivity index (χ2n) is 5.74. The minimum Gasteiger partial charge on any atom is -0.366 e. The van der Waals surface area contributed by atoms with Crippen molar-refractivity contribution in [2.75, 3.05) is 5.32 Å². The molecular weight excluding hydrogens is 316 g/mol. The van der Waals surface area contributed by atoms with Gasteiger partial charge in [0.05, 0.1) is 23.1 Å². The van der Waals surface area contributed by atoms with Crippen LogP contribution in [0.15, 0.2) is 54.7 Å². The molecule has 0 fully saturated rings. The van der Waals surface area contributed by atoms with Gasteiger partial charge >= 0.3 is 0 Å². The Labute approximate surface area is 145 Å². The van der Waals surface area contributed by atoms with Crippen LogP contribution in [-0.2, 0) is 0 Å². The van der Waals surface area contributed by atoms with Crippen LogP contribution in [0, 0.1) is 13.8 Å². The number of aromatic nitrogens is 2. The van der Waals surface area contributed by atoms with E-state index in [4.69, 9.17) is 5.73 Å². The molecule has 0 atom stereocenters. The van der Waals surface area contributed by atoms with Crippen LogP contribution >= 0.6 is 0 Å². The minimum atomic E-state index is -0.506. The maximum Gasteiger partial charge on any atom is 0.259 e. The van der Waals surface area contributed by atoms with Gasteiger partial charge in [-0.1, -0.05) is 18.2 Å². The zero-order valence-corrected chi connectivity index (χ0v) is 14.0. The minimum absolute atomic E-state index is 0.260. The number of amides is 2. The summed E-state index contributed by atoms with van der Waals surface area (Å²) in [5.41, 5.74) is 9.43. The number of hydrogen-bond acceptors (Lipinski definition) is 3. The average Bonchev–Trinajstić information content (AvgIpc) is 2.97. The van der Waals surface area contributed by atoms with Gasteiger partial charge in [-0.05, 0) is 49.7 Å². The smallest absolute Gasteiger partial charge is 0.259 e. The van der Waals surface area contributed by atoms with Gasteiger partial charge in [-0.2, -0.15) is 5.10 Å². The number of rotatable bonds is 4. The van der Waals surface area contributed by atoms with Gasteiger partial charge in [0.25, 0.3) is 5.91 Å². The molecule has 0 aliphatic rings. The fourth-order valence-electron chi connectivity index (χ4n) is 2.59. The summed E-state index contributed by atoms with van der Waals surface area (Å²) in [5, 5.41) is 7.14. The maximum absolute atomic E-state index is 12.5. The predicted octanol–water partition coefficient (Wildman–Crippen LogP) is 2.84. The molecule has 0 aliphatic carbocycles. The summed E-state index contributed by atoms with van der Waals surface area (Å²) < 4.78 is 1.75. The Morgan fingerprint density at radius 2 is 1.72 bits per heavy atom. The first-order chi connectivity index (χ1) is 12.0. The zero-order valence-electron chi connectivity index (χ0n) is 14.0. The SMILES string of the molecule is Cc1ccccc1-n1ncc(C(=O)Nc2ccc(C(N)=O)cc2)c1C. The highest BCUT2D eigenvalue weighted by atomic mass is 16.2. The van der Waals surface area contributed by atoms with Gasteiger partial charge in [-0.15, -0.1) is 0 Å². The largest absolute Gasteiger partial charge is 0.366 e. The van der Waals surface area contributed by atoms with Gasteiger partial charge in [-0.3, -0.25) is 9.59 Å². The molecule has 2 aromatic carbocycles. The van der Waals surface area contributed by atoms with Gasteiger partial charge in [0.1, 0.15) is 0 Å². The van der Waals surface area contributed by atoms with Gasteiger partial charge < -0.3 is 11.1 Å². The molecule has 0 saturated heterocycles. The lowest BCUT2D eigenvalue weighted by molar-refractivity contribution is 0.0998. The van der Waals surface area contributed by atoms with E-state index in [0.29, 0.717) is 16.8 Å². The van der Waals surface area contributed by atoms with Crippen LogP contribution in [0.25, 0.3) is 5.69 Å². The molecule has 0 aliphatic heterocycles. The molecule has 126 valence electrons. The van der Waals surface area contributed by atoms with Crippen molar-refractivity contribution < 1.29 is 9.59 Å². The molecule has 3 aromatic rings. The fraction of sp³-hybridized carbons (Fsp3) is 0.105. The Bertz CT molecular complexity index is 942. The summed E-state index contributed by atoms with van der Waals surface area (Å²) >= 11 is 0. The summed E-state index contributed by atoms with van der Waals surface area (Å²) in [6, 6.07) is 14.3. The predicted molar refractivity (Wildman–Crippen MR) is 96.0 cm³/mol. The van der Waals surface area contributed by atoms with Crippen LogP contribution in [0.5, 0.6) is 0 Å². The van der Waals surface area contributed by atoms with Crippen LogP contribution < -0.4 is 11.1 Å². The van der Waals surface area contributed by atoms with Crippen molar-refractivity contribution in [1.29, 1.82) is 0 Å². The number of nitrogens with two attached hydrogens (primary N) is 1. The number of aryl methyl sites for hydroxylation is 1. The fourth-order valence-corrected chi connectivity index (χ4v) is 2.59. The van der Waals surface area contributed by atoms with E-state index in [1.165, 1.54) is 0 Å². The molecule has 2 amide bonds. The van der Waals surface area contributed by atoms with Gasteiger partial charge in [0.15, 0.2) is 0 Å². The Morgan fingerprint density at radius 3 is 2.36 bits per heavy atom. The molecule has 0 unspecified atom stereocenters. The molecule has 0 spiro atoms. The number of anilines is 1. The Balaban J connectivity index is 1.84. The number of nitrogens with one attached hydrogen (secondary N) is 1. The third kappa shape index (κ3) is 3.28. The maximum atomic E-state index is 12.5. The van der Waals surface area contributed by atoms with E-state index in [1.54, 1.807) is 35.1 Å². The van der Waals surface area contributed by atoms with E-state index in [1.807, 2.05) is 38.1 Å². The van der Waals surface area contributed by atoms with Gasteiger partial charge in [0, 0.05) is 11.3 Å². The summed E-state index contributed by atoms with van der Waals surface area (Å²) in [7, 11) is 0. The van der Waals surface area contributed by atoms with Crippen molar-refractivity contribution in [1.82, 2.24) is 9.78 Å². The Hall–Kier alpha value is -3.41. The van der Waals surface area contributed by atoms with Gasteiger partial charge in [-0.25, -0.2) is 4.68 Å². The van der Waals surface area contributed by atoms with E-state index >= 15 is 0 Å².